The zero-order chi connectivity index (χ0) is 17.1. The number of rotatable bonds is 5. The quantitative estimate of drug-likeness (QED) is 0.737. The molecule has 0 spiro atoms. The molecule has 7 nitrogen and oxygen atoms in total. The molecule has 0 atom stereocenters. The molecule has 0 radical (unpaired) electrons. The van der Waals surface area contributed by atoms with Gasteiger partial charge in [-0.2, -0.15) is 0 Å². The van der Waals surface area contributed by atoms with Gasteiger partial charge in [-0.1, -0.05) is 29.3 Å². The van der Waals surface area contributed by atoms with Gasteiger partial charge in [-0.3, -0.25) is 4.79 Å². The Morgan fingerprint density at radius 2 is 2.04 bits per heavy atom. The zero-order valence-electron chi connectivity index (χ0n) is 12.8. The molecular weight excluding hydrogens is 330 g/mol. The van der Waals surface area contributed by atoms with E-state index in [1.165, 1.54) is 12.3 Å². The molecule has 3 N–H and O–H groups in total. The molecule has 0 unspecified atom stereocenters. The van der Waals surface area contributed by atoms with Crippen LogP contribution in [0, 0.1) is 6.92 Å². The Morgan fingerprint density at radius 1 is 1.29 bits per heavy atom. The van der Waals surface area contributed by atoms with Crippen LogP contribution in [0.1, 0.15) is 21.6 Å². The Kier molecular flexibility index (Phi) is 4.43. The summed E-state index contributed by atoms with van der Waals surface area (Å²) in [4.78, 5) is 15.8. The van der Waals surface area contributed by atoms with Gasteiger partial charge in [-0.05, 0) is 25.1 Å². The predicted octanol–water partition coefficient (Wildman–Crippen LogP) is 2.80. The minimum absolute atomic E-state index is 0.0949. The number of halogens is 1. The van der Waals surface area contributed by atoms with Gasteiger partial charge in [0.1, 0.15) is 6.26 Å². The summed E-state index contributed by atoms with van der Waals surface area (Å²) in [5, 5.41) is 10.6. The number of amides is 1. The first-order chi connectivity index (χ1) is 11.5. The van der Waals surface area contributed by atoms with Gasteiger partial charge in [0.05, 0.1) is 17.8 Å². The van der Waals surface area contributed by atoms with Gasteiger partial charge < -0.3 is 15.5 Å². The van der Waals surface area contributed by atoms with Crippen molar-refractivity contribution in [2.24, 2.45) is 5.73 Å². The van der Waals surface area contributed by atoms with E-state index in [2.05, 4.69) is 20.5 Å². The van der Waals surface area contributed by atoms with Crippen LogP contribution in [0.2, 0.25) is 5.15 Å². The third-order valence-electron chi connectivity index (χ3n) is 3.32. The van der Waals surface area contributed by atoms with E-state index in [9.17, 15) is 4.79 Å². The zero-order valence-corrected chi connectivity index (χ0v) is 13.5. The Labute approximate surface area is 142 Å². The van der Waals surface area contributed by atoms with E-state index in [4.69, 9.17) is 21.8 Å². The van der Waals surface area contributed by atoms with Crippen molar-refractivity contribution in [2.45, 2.75) is 13.5 Å². The van der Waals surface area contributed by atoms with Crippen molar-refractivity contribution >= 4 is 23.3 Å². The van der Waals surface area contributed by atoms with Gasteiger partial charge in [0.15, 0.2) is 11.0 Å². The SMILES string of the molecule is Cc1ccc(-c2nc(CNc3nnc(Cl)cc3C(N)=O)co2)cc1. The third-order valence-corrected chi connectivity index (χ3v) is 3.50. The van der Waals surface area contributed by atoms with E-state index >= 15 is 0 Å². The Bertz CT molecular complexity index is 876. The predicted molar refractivity (Wildman–Crippen MR) is 89.6 cm³/mol. The summed E-state index contributed by atoms with van der Waals surface area (Å²) in [6.45, 7) is 2.31. The molecule has 0 saturated carbocycles. The first-order valence-electron chi connectivity index (χ1n) is 7.11. The number of primary amides is 1. The first-order valence-corrected chi connectivity index (χ1v) is 7.49. The highest BCUT2D eigenvalue weighted by molar-refractivity contribution is 6.29. The lowest BCUT2D eigenvalue weighted by molar-refractivity contribution is 0.100. The molecule has 0 aliphatic carbocycles. The van der Waals surface area contributed by atoms with Crippen LogP contribution in [0.15, 0.2) is 41.0 Å². The maximum atomic E-state index is 11.4. The van der Waals surface area contributed by atoms with Crippen molar-refractivity contribution in [1.82, 2.24) is 15.2 Å². The fourth-order valence-corrected chi connectivity index (χ4v) is 2.22. The van der Waals surface area contributed by atoms with Crippen molar-refractivity contribution in [3.05, 3.63) is 58.6 Å². The number of nitrogens with zero attached hydrogens (tertiary/aromatic N) is 3. The second-order valence-electron chi connectivity index (χ2n) is 5.16. The molecule has 0 bridgehead atoms. The lowest BCUT2D eigenvalue weighted by atomic mass is 10.1. The van der Waals surface area contributed by atoms with E-state index in [1.54, 1.807) is 0 Å². The summed E-state index contributed by atoms with van der Waals surface area (Å²) in [6.07, 6.45) is 1.54. The standard InChI is InChI=1S/C16H14ClN5O2/c1-9-2-4-10(5-3-9)16-20-11(8-24-16)7-19-15-12(14(18)23)6-13(17)21-22-15/h2-6,8H,7H2,1H3,(H2,18,23)(H,19,22). The van der Waals surface area contributed by atoms with Crippen molar-refractivity contribution in [3.63, 3.8) is 0 Å². The highest BCUT2D eigenvalue weighted by Gasteiger charge is 2.13. The van der Waals surface area contributed by atoms with E-state index in [-0.39, 0.29) is 16.5 Å². The summed E-state index contributed by atoms with van der Waals surface area (Å²) < 4.78 is 5.48. The van der Waals surface area contributed by atoms with Crippen molar-refractivity contribution in [2.75, 3.05) is 5.32 Å². The highest BCUT2D eigenvalue weighted by Crippen LogP contribution is 2.20. The number of nitrogens with one attached hydrogen (secondary N) is 1. The molecule has 24 heavy (non-hydrogen) atoms. The summed E-state index contributed by atoms with van der Waals surface area (Å²) >= 11 is 5.72. The average Bonchev–Trinajstić information content (AvgIpc) is 3.03. The largest absolute Gasteiger partial charge is 0.444 e. The van der Waals surface area contributed by atoms with Crippen LogP contribution >= 0.6 is 11.6 Å². The van der Waals surface area contributed by atoms with Crippen LogP contribution in [-0.4, -0.2) is 21.1 Å². The lowest BCUT2D eigenvalue weighted by Gasteiger charge is -2.06. The number of hydrogen-bond acceptors (Lipinski definition) is 6. The summed E-state index contributed by atoms with van der Waals surface area (Å²) in [5.74, 6) is 0.116. The minimum atomic E-state index is -0.644. The van der Waals surface area contributed by atoms with Crippen LogP contribution < -0.4 is 11.1 Å². The van der Waals surface area contributed by atoms with Crippen LogP contribution in [0.4, 0.5) is 5.82 Å². The van der Waals surface area contributed by atoms with Gasteiger partial charge in [-0.15, -0.1) is 10.2 Å². The molecule has 1 aromatic carbocycles. The lowest BCUT2D eigenvalue weighted by Crippen LogP contribution is -2.16. The van der Waals surface area contributed by atoms with Gasteiger partial charge in [0, 0.05) is 5.56 Å². The molecule has 3 rings (SSSR count). The smallest absolute Gasteiger partial charge is 0.252 e. The maximum absolute atomic E-state index is 11.4. The Morgan fingerprint density at radius 3 is 2.75 bits per heavy atom. The van der Waals surface area contributed by atoms with E-state index < -0.39 is 5.91 Å². The molecule has 0 fully saturated rings. The number of oxazole rings is 1. The summed E-state index contributed by atoms with van der Waals surface area (Å²) in [6, 6.07) is 9.21. The molecule has 8 heteroatoms. The molecule has 0 aliphatic rings. The first kappa shape index (κ1) is 15.9. The third kappa shape index (κ3) is 3.52. The van der Waals surface area contributed by atoms with Crippen LogP contribution in [0.25, 0.3) is 11.5 Å². The van der Waals surface area contributed by atoms with Gasteiger partial charge in [0.2, 0.25) is 5.89 Å². The Hall–Kier alpha value is -2.93. The number of nitrogens with two attached hydrogens (primary N) is 1. The topological polar surface area (TPSA) is 107 Å². The fourth-order valence-electron chi connectivity index (χ4n) is 2.08. The number of anilines is 1. The highest BCUT2D eigenvalue weighted by atomic mass is 35.5. The number of benzene rings is 1. The second-order valence-corrected chi connectivity index (χ2v) is 5.54. The number of carbonyl (C=O) groups excluding carboxylic acids is 1. The van der Waals surface area contributed by atoms with Crippen molar-refractivity contribution in [1.29, 1.82) is 0 Å². The van der Waals surface area contributed by atoms with Gasteiger partial charge >= 0.3 is 0 Å². The van der Waals surface area contributed by atoms with Crippen LogP contribution in [0.5, 0.6) is 0 Å². The monoisotopic (exact) mass is 343 g/mol. The molecule has 0 saturated heterocycles. The van der Waals surface area contributed by atoms with Gasteiger partial charge in [0.25, 0.3) is 5.91 Å². The van der Waals surface area contributed by atoms with Crippen LogP contribution in [0.3, 0.4) is 0 Å². The van der Waals surface area contributed by atoms with Crippen LogP contribution in [-0.2, 0) is 6.54 Å². The Balaban J connectivity index is 1.74. The molecule has 1 amide bonds. The maximum Gasteiger partial charge on any atom is 0.252 e. The minimum Gasteiger partial charge on any atom is -0.444 e. The van der Waals surface area contributed by atoms with E-state index in [0.29, 0.717) is 18.1 Å². The van der Waals surface area contributed by atoms with E-state index in [1.807, 2.05) is 31.2 Å². The summed E-state index contributed by atoms with van der Waals surface area (Å²) in [5.41, 5.74) is 8.16. The molecule has 2 heterocycles. The van der Waals surface area contributed by atoms with Crippen molar-refractivity contribution < 1.29 is 9.21 Å². The van der Waals surface area contributed by atoms with Crippen molar-refractivity contribution in [3.8, 4) is 11.5 Å². The van der Waals surface area contributed by atoms with E-state index in [0.717, 1.165) is 11.1 Å². The second kappa shape index (κ2) is 6.67. The fraction of sp³-hybridized carbons (Fsp3) is 0.125. The molecule has 3 aromatic rings. The van der Waals surface area contributed by atoms with Gasteiger partial charge in [-0.25, -0.2) is 4.98 Å². The number of hydrogen-bond donors (Lipinski definition) is 2. The average molecular weight is 344 g/mol. The number of carbonyl (C=O) groups is 1. The normalized spacial score (nSPS) is 10.6. The molecular formula is C16H14ClN5O2. The molecule has 122 valence electrons. The number of aromatic nitrogens is 3. The summed E-state index contributed by atoms with van der Waals surface area (Å²) in [7, 11) is 0. The molecule has 0 aliphatic heterocycles. The molecule has 2 aromatic heterocycles. The number of aryl methyl sites for hydroxylation is 1.